The van der Waals surface area contributed by atoms with Crippen LogP contribution in [-0.4, -0.2) is 25.6 Å². The van der Waals surface area contributed by atoms with Gasteiger partial charge >= 0.3 is 11.9 Å². The molecule has 5 nitrogen and oxygen atoms in total. The van der Waals surface area contributed by atoms with Gasteiger partial charge in [0, 0.05) is 6.54 Å². The van der Waals surface area contributed by atoms with E-state index in [1.54, 1.807) is 19.2 Å². The molecule has 0 aromatic heterocycles. The average Bonchev–Trinajstić information content (AvgIpc) is 2.49. The molecule has 0 bridgehead atoms. The van der Waals surface area contributed by atoms with Crippen LogP contribution in [0.15, 0.2) is 24.3 Å². The Morgan fingerprint density at radius 2 is 1.86 bits per heavy atom. The number of rotatable bonds is 7. The first-order valence-corrected chi connectivity index (χ1v) is 7.10. The Balaban J connectivity index is 2.27. The van der Waals surface area contributed by atoms with Crippen LogP contribution in [0.25, 0.3) is 0 Å². The average molecular weight is 293 g/mol. The Bertz CT molecular complexity index is 454. The van der Waals surface area contributed by atoms with Crippen molar-refractivity contribution in [3.8, 4) is 5.75 Å². The monoisotopic (exact) mass is 293 g/mol. The van der Waals surface area contributed by atoms with Crippen LogP contribution in [0, 0.1) is 5.92 Å². The van der Waals surface area contributed by atoms with Crippen LogP contribution in [0.3, 0.4) is 0 Å². The predicted octanol–water partition coefficient (Wildman–Crippen LogP) is 2.29. The van der Waals surface area contributed by atoms with Gasteiger partial charge in [-0.2, -0.15) is 0 Å². The van der Waals surface area contributed by atoms with Crippen molar-refractivity contribution in [2.24, 2.45) is 5.92 Å². The van der Waals surface area contributed by atoms with Gasteiger partial charge in [-0.15, -0.1) is 0 Å². The molecule has 0 aliphatic heterocycles. The first-order valence-electron chi connectivity index (χ1n) is 7.10. The van der Waals surface area contributed by atoms with Crippen molar-refractivity contribution in [1.82, 2.24) is 5.32 Å². The van der Waals surface area contributed by atoms with Gasteiger partial charge in [0.05, 0.1) is 13.7 Å². The van der Waals surface area contributed by atoms with Gasteiger partial charge in [-0.3, -0.25) is 4.79 Å². The lowest BCUT2D eigenvalue weighted by atomic mass is 10.1. The zero-order chi connectivity index (χ0) is 15.7. The number of carbonyl (C=O) groups is 2. The molecule has 0 radical (unpaired) electrons. The molecule has 0 spiro atoms. The van der Waals surface area contributed by atoms with E-state index in [0.717, 1.165) is 24.2 Å². The molecule has 0 saturated carbocycles. The summed E-state index contributed by atoms with van der Waals surface area (Å²) in [7, 11) is 1.59. The van der Waals surface area contributed by atoms with E-state index in [2.05, 4.69) is 19.2 Å². The van der Waals surface area contributed by atoms with E-state index in [1.807, 2.05) is 12.1 Å². The third-order valence-electron chi connectivity index (χ3n) is 2.96. The Morgan fingerprint density at radius 1 is 1.19 bits per heavy atom. The lowest BCUT2D eigenvalue weighted by molar-refractivity contribution is -0.155. The predicted molar refractivity (Wildman–Crippen MR) is 79.9 cm³/mol. The van der Waals surface area contributed by atoms with Crippen LogP contribution in [0.1, 0.15) is 32.3 Å². The normalized spacial score (nSPS) is 10.3. The SMILES string of the molecule is COc1ccc(CNC(=O)C(=O)OCCCC(C)C)cc1. The minimum Gasteiger partial charge on any atom is -0.497 e. The standard InChI is InChI=1S/C16H23NO4/c1-12(2)5-4-10-21-16(19)15(18)17-11-13-6-8-14(20-3)9-7-13/h6-9,12H,4-5,10-11H2,1-3H3,(H,17,18). The third kappa shape index (κ3) is 6.79. The molecule has 0 aliphatic carbocycles. The van der Waals surface area contributed by atoms with Gasteiger partial charge in [-0.05, 0) is 36.5 Å². The summed E-state index contributed by atoms with van der Waals surface area (Å²) in [5.41, 5.74) is 0.886. The molecule has 1 rings (SSSR count). The van der Waals surface area contributed by atoms with Crippen molar-refractivity contribution < 1.29 is 19.1 Å². The van der Waals surface area contributed by atoms with Crippen molar-refractivity contribution in [3.63, 3.8) is 0 Å². The fourth-order valence-electron chi connectivity index (χ4n) is 1.72. The number of hydrogen-bond acceptors (Lipinski definition) is 4. The van der Waals surface area contributed by atoms with E-state index in [4.69, 9.17) is 9.47 Å². The highest BCUT2D eigenvalue weighted by Crippen LogP contribution is 2.10. The largest absolute Gasteiger partial charge is 0.497 e. The molecule has 21 heavy (non-hydrogen) atoms. The zero-order valence-electron chi connectivity index (χ0n) is 12.8. The van der Waals surface area contributed by atoms with Gasteiger partial charge in [-0.25, -0.2) is 4.79 Å². The molecule has 116 valence electrons. The molecular weight excluding hydrogens is 270 g/mol. The second-order valence-electron chi connectivity index (χ2n) is 5.20. The summed E-state index contributed by atoms with van der Waals surface area (Å²) < 4.78 is 9.95. The number of hydrogen-bond donors (Lipinski definition) is 1. The highest BCUT2D eigenvalue weighted by molar-refractivity contribution is 6.32. The number of methoxy groups -OCH3 is 1. The second kappa shape index (κ2) is 9.00. The third-order valence-corrected chi connectivity index (χ3v) is 2.96. The number of esters is 1. The van der Waals surface area contributed by atoms with Crippen LogP contribution < -0.4 is 10.1 Å². The van der Waals surface area contributed by atoms with Gasteiger partial charge in [0.2, 0.25) is 0 Å². The van der Waals surface area contributed by atoms with Crippen molar-refractivity contribution in [1.29, 1.82) is 0 Å². The summed E-state index contributed by atoms with van der Waals surface area (Å²) in [6.45, 7) is 4.77. The van der Waals surface area contributed by atoms with Crippen molar-refractivity contribution in [2.45, 2.75) is 33.2 Å². The van der Waals surface area contributed by atoms with Gasteiger partial charge in [0.15, 0.2) is 0 Å². The van der Waals surface area contributed by atoms with Crippen molar-refractivity contribution in [3.05, 3.63) is 29.8 Å². The molecule has 0 saturated heterocycles. The van der Waals surface area contributed by atoms with Gasteiger partial charge in [0.1, 0.15) is 5.75 Å². The summed E-state index contributed by atoms with van der Waals surface area (Å²) in [5, 5.41) is 2.53. The quantitative estimate of drug-likeness (QED) is 0.476. The molecule has 1 N–H and O–H groups in total. The first kappa shape index (κ1) is 17.0. The van der Waals surface area contributed by atoms with E-state index in [0.29, 0.717) is 5.92 Å². The number of nitrogens with one attached hydrogen (secondary N) is 1. The van der Waals surface area contributed by atoms with E-state index < -0.39 is 11.9 Å². The molecule has 5 heteroatoms. The highest BCUT2D eigenvalue weighted by Gasteiger charge is 2.14. The Kier molecular flexibility index (Phi) is 7.29. The lowest BCUT2D eigenvalue weighted by Crippen LogP contribution is -2.32. The molecule has 0 fully saturated rings. The van der Waals surface area contributed by atoms with Gasteiger partial charge in [0.25, 0.3) is 0 Å². The molecule has 0 unspecified atom stereocenters. The topological polar surface area (TPSA) is 64.6 Å². The van der Waals surface area contributed by atoms with Crippen molar-refractivity contribution in [2.75, 3.05) is 13.7 Å². The smallest absolute Gasteiger partial charge is 0.396 e. The number of amides is 1. The zero-order valence-corrected chi connectivity index (χ0v) is 12.8. The molecular formula is C16H23NO4. The maximum absolute atomic E-state index is 11.6. The summed E-state index contributed by atoms with van der Waals surface area (Å²) in [6, 6.07) is 7.25. The summed E-state index contributed by atoms with van der Waals surface area (Å²) in [5.74, 6) is -0.232. The Hall–Kier alpha value is -2.04. The molecule has 0 atom stereocenters. The first-order chi connectivity index (χ1) is 10.0. The fourth-order valence-corrected chi connectivity index (χ4v) is 1.72. The van der Waals surface area contributed by atoms with Crippen molar-refractivity contribution >= 4 is 11.9 Å². The number of ether oxygens (including phenoxy) is 2. The van der Waals surface area contributed by atoms with E-state index in [1.165, 1.54) is 0 Å². The van der Waals surface area contributed by atoms with Crippen LogP contribution in [-0.2, 0) is 20.9 Å². The van der Waals surface area contributed by atoms with E-state index >= 15 is 0 Å². The maximum atomic E-state index is 11.6. The summed E-state index contributed by atoms with van der Waals surface area (Å²) in [6.07, 6.45) is 1.75. The molecule has 1 amide bonds. The minimum absolute atomic E-state index is 0.282. The second-order valence-corrected chi connectivity index (χ2v) is 5.20. The van der Waals surface area contributed by atoms with Gasteiger partial charge in [-0.1, -0.05) is 26.0 Å². The summed E-state index contributed by atoms with van der Waals surface area (Å²) in [4.78, 5) is 23.0. The fraction of sp³-hybridized carbons (Fsp3) is 0.500. The molecule has 1 aromatic rings. The molecule has 0 heterocycles. The molecule has 1 aromatic carbocycles. The highest BCUT2D eigenvalue weighted by atomic mass is 16.5. The van der Waals surface area contributed by atoms with Crippen LogP contribution >= 0.6 is 0 Å². The van der Waals surface area contributed by atoms with Crippen LogP contribution in [0.2, 0.25) is 0 Å². The maximum Gasteiger partial charge on any atom is 0.396 e. The number of benzene rings is 1. The Morgan fingerprint density at radius 3 is 2.43 bits per heavy atom. The van der Waals surface area contributed by atoms with E-state index in [9.17, 15) is 9.59 Å². The van der Waals surface area contributed by atoms with Gasteiger partial charge < -0.3 is 14.8 Å². The lowest BCUT2D eigenvalue weighted by Gasteiger charge is -2.07. The number of carbonyl (C=O) groups excluding carboxylic acids is 2. The Labute approximate surface area is 125 Å². The minimum atomic E-state index is -0.827. The molecule has 0 aliphatic rings. The van der Waals surface area contributed by atoms with E-state index in [-0.39, 0.29) is 13.2 Å². The summed E-state index contributed by atoms with van der Waals surface area (Å²) >= 11 is 0. The van der Waals surface area contributed by atoms with Crippen LogP contribution in [0.5, 0.6) is 5.75 Å². The van der Waals surface area contributed by atoms with Crippen LogP contribution in [0.4, 0.5) is 0 Å².